The Balaban J connectivity index is 2.61. The van der Waals surface area contributed by atoms with Gasteiger partial charge in [-0.1, -0.05) is 6.92 Å². The summed E-state index contributed by atoms with van der Waals surface area (Å²) in [6, 6.07) is 1.69. The Kier molecular flexibility index (Phi) is 6.49. The molecule has 3 N–H and O–H groups in total. The Morgan fingerprint density at radius 2 is 2.10 bits per heavy atom. The predicted molar refractivity (Wildman–Crippen MR) is 78.6 cm³/mol. The van der Waals surface area contributed by atoms with Gasteiger partial charge in [-0.05, 0) is 26.3 Å². The van der Waals surface area contributed by atoms with Crippen LogP contribution in [0.3, 0.4) is 0 Å². The van der Waals surface area contributed by atoms with Crippen molar-refractivity contribution in [2.75, 3.05) is 18.4 Å². The number of hydrogen-bond donors (Lipinski definition) is 3. The molecule has 1 aromatic rings. The second-order valence-corrected chi connectivity index (χ2v) is 4.75. The number of carbonyl (C=O) groups is 2. The lowest BCUT2D eigenvalue weighted by molar-refractivity contribution is -0.120. The second kappa shape index (κ2) is 8.14. The van der Waals surface area contributed by atoms with E-state index in [4.69, 9.17) is 0 Å². The van der Waals surface area contributed by atoms with Crippen LogP contribution in [0, 0.1) is 0 Å². The summed E-state index contributed by atoms with van der Waals surface area (Å²) >= 11 is 0. The molecule has 0 saturated carbocycles. The summed E-state index contributed by atoms with van der Waals surface area (Å²) in [4.78, 5) is 27.5. The molecule has 0 aliphatic carbocycles. The number of hydrogen-bond acceptors (Lipinski definition) is 4. The van der Waals surface area contributed by atoms with Crippen LogP contribution in [0.15, 0.2) is 18.5 Å². The van der Waals surface area contributed by atoms with Crippen molar-refractivity contribution in [3.05, 3.63) is 24.0 Å². The van der Waals surface area contributed by atoms with Gasteiger partial charge in [0.15, 0.2) is 0 Å². The Morgan fingerprint density at radius 1 is 1.35 bits per heavy atom. The van der Waals surface area contributed by atoms with Crippen LogP contribution < -0.4 is 16.0 Å². The third kappa shape index (κ3) is 5.26. The van der Waals surface area contributed by atoms with Crippen molar-refractivity contribution < 1.29 is 9.59 Å². The first-order valence-corrected chi connectivity index (χ1v) is 6.80. The van der Waals surface area contributed by atoms with Crippen molar-refractivity contribution in [2.24, 2.45) is 0 Å². The second-order valence-electron chi connectivity index (χ2n) is 4.75. The molecular weight excluding hydrogens is 256 g/mol. The van der Waals surface area contributed by atoms with E-state index < -0.39 is 0 Å². The Labute approximate surface area is 119 Å². The summed E-state index contributed by atoms with van der Waals surface area (Å²) < 4.78 is 0. The van der Waals surface area contributed by atoms with Crippen LogP contribution in [-0.2, 0) is 4.79 Å². The van der Waals surface area contributed by atoms with E-state index in [2.05, 4.69) is 20.9 Å². The van der Waals surface area contributed by atoms with Gasteiger partial charge in [0.05, 0.1) is 24.0 Å². The molecule has 1 rings (SSSR count). The molecule has 1 heterocycles. The molecule has 0 fully saturated rings. The third-order valence-corrected chi connectivity index (χ3v) is 2.49. The quantitative estimate of drug-likeness (QED) is 0.699. The Bertz CT molecular complexity index is 460. The van der Waals surface area contributed by atoms with Gasteiger partial charge in [-0.2, -0.15) is 0 Å². The van der Waals surface area contributed by atoms with E-state index in [9.17, 15) is 9.59 Å². The fourth-order valence-corrected chi connectivity index (χ4v) is 1.62. The highest BCUT2D eigenvalue weighted by molar-refractivity contribution is 6.00. The van der Waals surface area contributed by atoms with Crippen LogP contribution in [-0.4, -0.2) is 35.9 Å². The molecule has 0 aliphatic heterocycles. The van der Waals surface area contributed by atoms with Crippen LogP contribution in [0.5, 0.6) is 0 Å². The zero-order chi connectivity index (χ0) is 15.0. The minimum Gasteiger partial charge on any atom is -0.383 e. The number of pyridine rings is 1. The molecule has 0 aromatic carbocycles. The number of aromatic nitrogens is 1. The van der Waals surface area contributed by atoms with Crippen LogP contribution >= 0.6 is 0 Å². The van der Waals surface area contributed by atoms with Gasteiger partial charge in [-0.25, -0.2) is 0 Å². The lowest BCUT2D eigenvalue weighted by Gasteiger charge is -2.12. The number of carbonyl (C=O) groups excluding carboxylic acids is 2. The minimum absolute atomic E-state index is 0.0352. The fraction of sp³-hybridized carbons (Fsp3) is 0.500. The zero-order valence-electron chi connectivity index (χ0n) is 12.2. The summed E-state index contributed by atoms with van der Waals surface area (Å²) in [6.07, 6.45) is 4.12. The SMILES string of the molecule is CCCNc1cnccc1C(=O)NCC(=O)NC(C)C. The standard InChI is InChI=1S/C14H22N4O2/c1-4-6-16-12-8-15-7-5-11(12)14(20)17-9-13(19)18-10(2)3/h5,7-8,10,16H,4,6,9H2,1-3H3,(H,17,20)(H,18,19). The summed E-state index contributed by atoms with van der Waals surface area (Å²) in [6.45, 7) is 6.51. The van der Waals surface area contributed by atoms with Crippen molar-refractivity contribution >= 4 is 17.5 Å². The average Bonchev–Trinajstić information content (AvgIpc) is 2.42. The third-order valence-electron chi connectivity index (χ3n) is 2.49. The molecule has 0 unspecified atom stereocenters. The van der Waals surface area contributed by atoms with Gasteiger partial charge in [0, 0.05) is 18.8 Å². The number of amides is 2. The van der Waals surface area contributed by atoms with Gasteiger partial charge in [0.2, 0.25) is 5.91 Å². The molecule has 6 heteroatoms. The summed E-state index contributed by atoms with van der Waals surface area (Å²) in [7, 11) is 0. The van der Waals surface area contributed by atoms with E-state index in [0.717, 1.165) is 13.0 Å². The summed E-state index contributed by atoms with van der Waals surface area (Å²) in [5, 5.41) is 8.46. The van der Waals surface area contributed by atoms with E-state index in [1.807, 2.05) is 20.8 Å². The maximum atomic E-state index is 12.1. The number of nitrogens with zero attached hydrogens (tertiary/aromatic N) is 1. The van der Waals surface area contributed by atoms with E-state index in [-0.39, 0.29) is 24.4 Å². The normalized spacial score (nSPS) is 10.2. The molecule has 0 saturated heterocycles. The lowest BCUT2D eigenvalue weighted by Crippen LogP contribution is -2.40. The van der Waals surface area contributed by atoms with Crippen LogP contribution in [0.4, 0.5) is 5.69 Å². The van der Waals surface area contributed by atoms with Crippen LogP contribution in [0.2, 0.25) is 0 Å². The molecule has 0 bridgehead atoms. The molecule has 2 amide bonds. The van der Waals surface area contributed by atoms with E-state index >= 15 is 0 Å². The molecule has 0 radical (unpaired) electrons. The van der Waals surface area contributed by atoms with Gasteiger partial charge in [0.25, 0.3) is 5.91 Å². The molecule has 20 heavy (non-hydrogen) atoms. The molecule has 1 aromatic heterocycles. The molecular formula is C14H22N4O2. The lowest BCUT2D eigenvalue weighted by atomic mass is 10.2. The van der Waals surface area contributed by atoms with Crippen molar-refractivity contribution in [3.8, 4) is 0 Å². The van der Waals surface area contributed by atoms with Gasteiger partial charge in [-0.15, -0.1) is 0 Å². The molecule has 110 valence electrons. The predicted octanol–water partition coefficient (Wildman–Crippen LogP) is 1.16. The molecule has 0 aliphatic rings. The highest BCUT2D eigenvalue weighted by Crippen LogP contribution is 2.12. The maximum absolute atomic E-state index is 12.1. The first-order chi connectivity index (χ1) is 9.54. The molecule has 0 atom stereocenters. The van der Waals surface area contributed by atoms with Crippen LogP contribution in [0.25, 0.3) is 0 Å². The van der Waals surface area contributed by atoms with Gasteiger partial charge < -0.3 is 16.0 Å². The van der Waals surface area contributed by atoms with Crippen molar-refractivity contribution in [3.63, 3.8) is 0 Å². The number of rotatable bonds is 7. The van der Waals surface area contributed by atoms with Crippen molar-refractivity contribution in [2.45, 2.75) is 33.2 Å². The van der Waals surface area contributed by atoms with Crippen molar-refractivity contribution in [1.29, 1.82) is 0 Å². The van der Waals surface area contributed by atoms with E-state index in [0.29, 0.717) is 11.3 Å². The summed E-state index contributed by atoms with van der Waals surface area (Å²) in [5.74, 6) is -0.490. The number of nitrogens with one attached hydrogen (secondary N) is 3. The molecule has 0 spiro atoms. The van der Waals surface area contributed by atoms with Gasteiger partial charge >= 0.3 is 0 Å². The smallest absolute Gasteiger partial charge is 0.253 e. The maximum Gasteiger partial charge on any atom is 0.253 e. The molecule has 6 nitrogen and oxygen atoms in total. The van der Waals surface area contributed by atoms with E-state index in [1.165, 1.54) is 0 Å². The zero-order valence-corrected chi connectivity index (χ0v) is 12.2. The monoisotopic (exact) mass is 278 g/mol. The Hall–Kier alpha value is -2.11. The minimum atomic E-state index is -0.287. The van der Waals surface area contributed by atoms with Crippen LogP contribution in [0.1, 0.15) is 37.6 Å². The van der Waals surface area contributed by atoms with E-state index in [1.54, 1.807) is 18.5 Å². The topological polar surface area (TPSA) is 83.1 Å². The highest BCUT2D eigenvalue weighted by atomic mass is 16.2. The largest absolute Gasteiger partial charge is 0.383 e. The number of anilines is 1. The highest BCUT2D eigenvalue weighted by Gasteiger charge is 2.12. The van der Waals surface area contributed by atoms with Gasteiger partial charge in [0.1, 0.15) is 0 Å². The average molecular weight is 278 g/mol. The van der Waals surface area contributed by atoms with Crippen molar-refractivity contribution in [1.82, 2.24) is 15.6 Å². The first kappa shape index (κ1) is 15.9. The van der Waals surface area contributed by atoms with Gasteiger partial charge in [-0.3, -0.25) is 14.6 Å². The fourth-order valence-electron chi connectivity index (χ4n) is 1.62. The summed E-state index contributed by atoms with van der Waals surface area (Å²) in [5.41, 5.74) is 1.17. The Morgan fingerprint density at radius 3 is 2.75 bits per heavy atom. The first-order valence-electron chi connectivity index (χ1n) is 6.80.